The number of carbonyl (C=O) groups is 1. The van der Waals surface area contributed by atoms with E-state index in [4.69, 9.17) is 11.6 Å². The molecule has 3 heteroatoms. The van der Waals surface area contributed by atoms with Crippen LogP contribution in [0.2, 0.25) is 5.02 Å². The van der Waals surface area contributed by atoms with Gasteiger partial charge in [0.05, 0.1) is 5.41 Å². The van der Waals surface area contributed by atoms with E-state index in [0.717, 1.165) is 12.0 Å². The van der Waals surface area contributed by atoms with Gasteiger partial charge in [-0.15, -0.1) is 0 Å². The van der Waals surface area contributed by atoms with Crippen LogP contribution in [0.3, 0.4) is 0 Å². The normalized spacial score (nSPS) is 15.5. The van der Waals surface area contributed by atoms with Crippen LogP contribution in [0.15, 0.2) is 35.9 Å². The van der Waals surface area contributed by atoms with Crippen molar-refractivity contribution in [3.63, 3.8) is 0 Å². The Morgan fingerprint density at radius 2 is 2.14 bits per heavy atom. The van der Waals surface area contributed by atoms with Crippen LogP contribution < -0.4 is 5.32 Å². The number of carbonyl (C=O) groups excluding carboxylic acids is 1. The maximum absolute atomic E-state index is 12.4. The first-order valence-electron chi connectivity index (χ1n) is 7.72. The Hall–Kier alpha value is -1.28. The largest absolute Gasteiger partial charge is 0.355 e. The summed E-state index contributed by atoms with van der Waals surface area (Å²) in [6.07, 6.45) is 8.27. The zero-order valence-corrected chi connectivity index (χ0v) is 13.7. The first kappa shape index (κ1) is 16.1. The van der Waals surface area contributed by atoms with E-state index in [1.54, 1.807) is 0 Å². The SMILES string of the molecule is CC(C)(C(=O)NCCC1=CCCCC1)c1cccc(Cl)c1. The van der Waals surface area contributed by atoms with E-state index in [9.17, 15) is 4.79 Å². The summed E-state index contributed by atoms with van der Waals surface area (Å²) in [5.74, 6) is 0.0566. The van der Waals surface area contributed by atoms with Crippen LogP contribution in [-0.2, 0) is 10.2 Å². The van der Waals surface area contributed by atoms with Crippen molar-refractivity contribution in [2.45, 2.75) is 51.4 Å². The van der Waals surface area contributed by atoms with Gasteiger partial charge in [0.1, 0.15) is 0 Å². The van der Waals surface area contributed by atoms with E-state index in [2.05, 4.69) is 11.4 Å². The predicted molar refractivity (Wildman–Crippen MR) is 88.7 cm³/mol. The maximum atomic E-state index is 12.4. The standard InChI is InChI=1S/C18H24ClNO/c1-18(2,15-9-6-10-16(19)13-15)17(21)20-12-11-14-7-4-3-5-8-14/h6-7,9-10,13H,3-5,8,11-12H2,1-2H3,(H,20,21). The highest BCUT2D eigenvalue weighted by Gasteiger charge is 2.29. The minimum Gasteiger partial charge on any atom is -0.355 e. The Kier molecular flexibility index (Phi) is 5.46. The molecule has 1 aliphatic rings. The summed E-state index contributed by atoms with van der Waals surface area (Å²) < 4.78 is 0. The second-order valence-electron chi connectivity index (χ2n) is 6.25. The lowest BCUT2D eigenvalue weighted by Crippen LogP contribution is -2.40. The second kappa shape index (κ2) is 7.13. The number of benzene rings is 1. The Labute approximate surface area is 132 Å². The van der Waals surface area contributed by atoms with Crippen LogP contribution in [0.1, 0.15) is 51.5 Å². The molecule has 2 rings (SSSR count). The molecule has 0 bridgehead atoms. The smallest absolute Gasteiger partial charge is 0.230 e. The van der Waals surface area contributed by atoms with Gasteiger partial charge in [0, 0.05) is 11.6 Å². The van der Waals surface area contributed by atoms with Crippen LogP contribution in [-0.4, -0.2) is 12.5 Å². The zero-order valence-electron chi connectivity index (χ0n) is 12.9. The van der Waals surface area contributed by atoms with E-state index in [1.807, 2.05) is 38.1 Å². The number of rotatable bonds is 5. The zero-order chi connectivity index (χ0) is 15.3. The third kappa shape index (κ3) is 4.34. The summed E-state index contributed by atoms with van der Waals surface area (Å²) in [7, 11) is 0. The van der Waals surface area contributed by atoms with Gasteiger partial charge in [-0.2, -0.15) is 0 Å². The van der Waals surface area contributed by atoms with Gasteiger partial charge in [0.25, 0.3) is 0 Å². The first-order valence-corrected chi connectivity index (χ1v) is 8.10. The van der Waals surface area contributed by atoms with E-state index in [0.29, 0.717) is 11.6 Å². The van der Waals surface area contributed by atoms with Crippen LogP contribution in [0.4, 0.5) is 0 Å². The summed E-state index contributed by atoms with van der Waals surface area (Å²) in [4.78, 5) is 12.4. The number of amides is 1. The molecule has 0 saturated carbocycles. The molecule has 0 atom stereocenters. The Bertz CT molecular complexity index is 534. The van der Waals surface area contributed by atoms with Crippen molar-refractivity contribution in [2.75, 3.05) is 6.54 Å². The molecule has 0 unspecified atom stereocenters. The van der Waals surface area contributed by atoms with E-state index in [-0.39, 0.29) is 5.91 Å². The van der Waals surface area contributed by atoms with Crippen LogP contribution in [0, 0.1) is 0 Å². The third-order valence-corrected chi connectivity index (χ3v) is 4.47. The van der Waals surface area contributed by atoms with Gasteiger partial charge in [0.2, 0.25) is 5.91 Å². The molecule has 21 heavy (non-hydrogen) atoms. The van der Waals surface area contributed by atoms with Crippen LogP contribution in [0.5, 0.6) is 0 Å². The minimum atomic E-state index is -0.564. The van der Waals surface area contributed by atoms with Crippen molar-refractivity contribution in [1.29, 1.82) is 0 Å². The Morgan fingerprint density at radius 1 is 1.33 bits per heavy atom. The highest BCUT2D eigenvalue weighted by molar-refractivity contribution is 6.30. The summed E-state index contributed by atoms with van der Waals surface area (Å²) in [5, 5.41) is 3.73. The molecule has 2 nitrogen and oxygen atoms in total. The van der Waals surface area contributed by atoms with Crippen molar-refractivity contribution in [3.8, 4) is 0 Å². The highest BCUT2D eigenvalue weighted by Crippen LogP contribution is 2.26. The van der Waals surface area contributed by atoms with Gasteiger partial charge in [-0.05, 0) is 63.6 Å². The van der Waals surface area contributed by atoms with Gasteiger partial charge in [-0.1, -0.05) is 35.4 Å². The van der Waals surface area contributed by atoms with E-state index < -0.39 is 5.41 Å². The molecular weight excluding hydrogens is 282 g/mol. The number of hydrogen-bond acceptors (Lipinski definition) is 1. The van der Waals surface area contributed by atoms with Crippen LogP contribution >= 0.6 is 11.6 Å². The predicted octanol–water partition coefficient (Wildman–Crippen LogP) is 4.62. The molecule has 0 aromatic heterocycles. The van der Waals surface area contributed by atoms with Crippen molar-refractivity contribution in [1.82, 2.24) is 5.32 Å². The molecule has 1 N–H and O–H groups in total. The van der Waals surface area contributed by atoms with Crippen molar-refractivity contribution >= 4 is 17.5 Å². The molecular formula is C18H24ClNO. The molecule has 0 fully saturated rings. The van der Waals surface area contributed by atoms with E-state index in [1.165, 1.54) is 31.3 Å². The Balaban J connectivity index is 1.91. The van der Waals surface area contributed by atoms with Gasteiger partial charge in [-0.3, -0.25) is 4.79 Å². The summed E-state index contributed by atoms with van der Waals surface area (Å²) in [5.41, 5.74) is 1.87. The fraction of sp³-hybridized carbons (Fsp3) is 0.500. The van der Waals surface area contributed by atoms with Gasteiger partial charge in [-0.25, -0.2) is 0 Å². The average molecular weight is 306 g/mol. The van der Waals surface area contributed by atoms with Gasteiger partial charge >= 0.3 is 0 Å². The fourth-order valence-corrected chi connectivity index (χ4v) is 2.89. The third-order valence-electron chi connectivity index (χ3n) is 4.23. The molecule has 1 aromatic carbocycles. The van der Waals surface area contributed by atoms with Crippen molar-refractivity contribution in [3.05, 3.63) is 46.5 Å². The molecule has 1 aromatic rings. The molecule has 0 spiro atoms. The minimum absolute atomic E-state index is 0.0566. The molecule has 0 radical (unpaired) electrons. The van der Waals surface area contributed by atoms with Crippen LogP contribution in [0.25, 0.3) is 0 Å². The molecule has 114 valence electrons. The lowest BCUT2D eigenvalue weighted by Gasteiger charge is -2.24. The Morgan fingerprint density at radius 3 is 2.81 bits per heavy atom. The molecule has 0 aliphatic heterocycles. The fourth-order valence-electron chi connectivity index (χ4n) is 2.70. The topological polar surface area (TPSA) is 29.1 Å². The monoisotopic (exact) mass is 305 g/mol. The number of nitrogens with one attached hydrogen (secondary N) is 1. The number of allylic oxidation sites excluding steroid dienone is 1. The molecule has 0 heterocycles. The highest BCUT2D eigenvalue weighted by atomic mass is 35.5. The maximum Gasteiger partial charge on any atom is 0.230 e. The molecule has 0 saturated heterocycles. The number of hydrogen-bond donors (Lipinski definition) is 1. The summed E-state index contributed by atoms with van der Waals surface area (Å²) >= 11 is 6.02. The lowest BCUT2D eigenvalue weighted by atomic mass is 9.83. The number of halogens is 1. The van der Waals surface area contributed by atoms with Gasteiger partial charge < -0.3 is 5.32 Å². The summed E-state index contributed by atoms with van der Waals surface area (Å²) in [6.45, 7) is 4.59. The quantitative estimate of drug-likeness (QED) is 0.790. The average Bonchev–Trinajstić information content (AvgIpc) is 2.48. The van der Waals surface area contributed by atoms with Crippen molar-refractivity contribution in [2.24, 2.45) is 0 Å². The van der Waals surface area contributed by atoms with Gasteiger partial charge in [0.15, 0.2) is 0 Å². The molecule has 1 aliphatic carbocycles. The lowest BCUT2D eigenvalue weighted by molar-refractivity contribution is -0.125. The summed E-state index contributed by atoms with van der Waals surface area (Å²) in [6, 6.07) is 7.54. The first-order chi connectivity index (χ1) is 10.00. The van der Waals surface area contributed by atoms with Crippen molar-refractivity contribution < 1.29 is 4.79 Å². The molecule has 1 amide bonds. The van der Waals surface area contributed by atoms with E-state index >= 15 is 0 Å². The second-order valence-corrected chi connectivity index (χ2v) is 6.69.